The van der Waals surface area contributed by atoms with Gasteiger partial charge in [-0.15, -0.1) is 0 Å². The van der Waals surface area contributed by atoms with E-state index < -0.39 is 88.0 Å². The number of ether oxygens (including phenoxy) is 7. The topological polar surface area (TPSA) is 156 Å². The van der Waals surface area contributed by atoms with E-state index in [0.717, 1.165) is 18.4 Å². The summed E-state index contributed by atoms with van der Waals surface area (Å²) in [5.41, 5.74) is -5.06. The molecule has 4 bridgehead atoms. The SMILES string of the molecule is C[C@]12CC[C@@H]3OC(=O)[C@@]45C[C@@H](C[C@@H](O)[C@H]4[C@]34CO[C@H](OC1)[C@H]24)[C@@]1(CCC2=C(O1)[C@]13C[C@H]2C[C@@H](O)[C@H]1[C@]12CO[C@H]4OC[C@](C)(CC[C@@H]1OC3=O)[C@@H]42)C5=O. The van der Waals surface area contributed by atoms with Crippen LogP contribution in [-0.4, -0.2) is 97.0 Å². The molecule has 0 amide bonds. The molecule has 12 nitrogen and oxygen atoms in total. The van der Waals surface area contributed by atoms with Crippen LogP contribution in [0.5, 0.6) is 0 Å². The molecule has 6 aliphatic carbocycles. The standard InChI is InChI=1S/C40H48O12/c1-34-6-4-22-38(15-48-29(26(34)38)46-13-34)24-20(41)9-17-11-36(24,32(44)50-22)28-19(17)3-8-40(52-28)18-10-21(42)25-37(12-18,31(40)43)33(45)51-23-5-7-35(2)14-47-30-27(35)39(23,25)16-49-30/h17-18,20-27,29-30,41-42H,3-16H2,1-2H3/t17-,18-,20-,21-,22+,23+,24-,25-,26-,27-,29-,30+,34+,35+,36+,37+,38+,39+,40+/m1/s1. The molecule has 52 heavy (non-hydrogen) atoms. The molecule has 0 aromatic carbocycles. The Kier molecular flexibility index (Phi) is 5.37. The van der Waals surface area contributed by atoms with Gasteiger partial charge in [0.25, 0.3) is 0 Å². The molecule has 0 unspecified atom stereocenters. The molecule has 5 saturated carbocycles. The van der Waals surface area contributed by atoms with Gasteiger partial charge in [-0.3, -0.25) is 14.4 Å². The number of aliphatic hydroxyl groups excluding tert-OH is 2. The molecule has 0 radical (unpaired) electrons. The maximum atomic E-state index is 15.7. The number of aliphatic hydroxyl groups is 2. The normalized spacial score (nSPS) is 63.8. The van der Waals surface area contributed by atoms with Gasteiger partial charge in [0.1, 0.15) is 28.8 Å². The number of carbonyl (C=O) groups is 3. The minimum Gasteiger partial charge on any atom is -0.482 e. The molecular weight excluding hydrogens is 672 g/mol. The quantitative estimate of drug-likeness (QED) is 0.279. The summed E-state index contributed by atoms with van der Waals surface area (Å²) in [4.78, 5) is 45.0. The van der Waals surface area contributed by atoms with Gasteiger partial charge in [0, 0.05) is 40.4 Å². The molecule has 280 valence electrons. The van der Waals surface area contributed by atoms with Crippen molar-refractivity contribution in [2.45, 2.75) is 121 Å². The highest BCUT2D eigenvalue weighted by atomic mass is 16.7. The number of allylic oxidation sites excluding steroid dienone is 1. The second-order valence-electron chi connectivity index (χ2n) is 20.3. The fourth-order valence-electron chi connectivity index (χ4n) is 17.1. The van der Waals surface area contributed by atoms with Gasteiger partial charge in [0.2, 0.25) is 0 Å². The van der Waals surface area contributed by atoms with E-state index in [-0.39, 0.29) is 53.4 Å². The first kappa shape index (κ1) is 31.2. The third-order valence-electron chi connectivity index (χ3n) is 18.6. The molecule has 7 aliphatic heterocycles. The molecule has 12 heteroatoms. The Hall–Kier alpha value is -2.09. The number of rotatable bonds is 0. The number of fused-ring (bicyclic) bond motifs is 4. The van der Waals surface area contributed by atoms with Gasteiger partial charge in [0.05, 0.1) is 38.6 Å². The summed E-state index contributed by atoms with van der Waals surface area (Å²) in [5, 5.41) is 24.6. The number of hydrogen-bond acceptors (Lipinski definition) is 12. The predicted molar refractivity (Wildman–Crippen MR) is 172 cm³/mol. The third kappa shape index (κ3) is 2.89. The minimum absolute atomic E-state index is 0.0494. The van der Waals surface area contributed by atoms with Crippen LogP contribution in [0.15, 0.2) is 11.3 Å². The Bertz CT molecular complexity index is 1810. The molecule has 0 aromatic rings. The van der Waals surface area contributed by atoms with E-state index >= 15 is 4.79 Å². The van der Waals surface area contributed by atoms with Crippen LogP contribution >= 0.6 is 0 Å². The van der Waals surface area contributed by atoms with Crippen molar-refractivity contribution in [3.05, 3.63) is 11.3 Å². The maximum absolute atomic E-state index is 15.7. The first-order valence-corrected chi connectivity index (χ1v) is 20.1. The van der Waals surface area contributed by atoms with Gasteiger partial charge >= 0.3 is 11.9 Å². The molecule has 2 N–H and O–H groups in total. The molecule has 13 rings (SSSR count). The Labute approximate surface area is 301 Å². The summed E-state index contributed by atoms with van der Waals surface area (Å²) < 4.78 is 45.5. The van der Waals surface area contributed by atoms with Crippen molar-refractivity contribution < 1.29 is 57.8 Å². The molecule has 13 aliphatic rings. The van der Waals surface area contributed by atoms with Crippen molar-refractivity contribution in [3.63, 3.8) is 0 Å². The zero-order valence-corrected chi connectivity index (χ0v) is 29.8. The van der Waals surface area contributed by atoms with Crippen LogP contribution in [0.4, 0.5) is 0 Å². The van der Waals surface area contributed by atoms with Gasteiger partial charge in [-0.1, -0.05) is 13.8 Å². The summed E-state index contributed by atoms with van der Waals surface area (Å²) >= 11 is 0. The summed E-state index contributed by atoms with van der Waals surface area (Å²) in [6, 6.07) is 0. The smallest absolute Gasteiger partial charge is 0.320 e. The summed E-state index contributed by atoms with van der Waals surface area (Å²) in [7, 11) is 0. The lowest BCUT2D eigenvalue weighted by Crippen LogP contribution is -2.71. The molecule has 19 atom stereocenters. The van der Waals surface area contributed by atoms with Crippen molar-refractivity contribution in [3.8, 4) is 0 Å². The maximum Gasteiger partial charge on any atom is 0.320 e. The summed E-state index contributed by atoms with van der Waals surface area (Å²) in [6.45, 7) is 6.15. The fourth-order valence-corrected chi connectivity index (χ4v) is 17.1. The summed E-state index contributed by atoms with van der Waals surface area (Å²) in [5.74, 6) is -2.61. The highest BCUT2D eigenvalue weighted by molar-refractivity contribution is 6.11. The molecule has 5 spiro atoms. The van der Waals surface area contributed by atoms with Crippen LogP contribution < -0.4 is 0 Å². The van der Waals surface area contributed by atoms with E-state index in [1.54, 1.807) is 0 Å². The molecular formula is C40H48O12. The second kappa shape index (κ2) is 8.96. The molecule has 7 heterocycles. The first-order valence-electron chi connectivity index (χ1n) is 20.1. The zero-order valence-electron chi connectivity index (χ0n) is 29.8. The fraction of sp³-hybridized carbons (Fsp3) is 0.875. The Morgan fingerprint density at radius 1 is 0.654 bits per heavy atom. The summed E-state index contributed by atoms with van der Waals surface area (Å²) in [6.07, 6.45) is 1.94. The van der Waals surface area contributed by atoms with Gasteiger partial charge in [0.15, 0.2) is 24.0 Å². The van der Waals surface area contributed by atoms with Gasteiger partial charge in [-0.2, -0.15) is 0 Å². The highest BCUT2D eigenvalue weighted by Crippen LogP contribution is 2.78. The van der Waals surface area contributed by atoms with E-state index in [9.17, 15) is 19.8 Å². The molecule has 0 aromatic heterocycles. The first-order chi connectivity index (χ1) is 24.9. The van der Waals surface area contributed by atoms with E-state index in [4.69, 9.17) is 33.2 Å². The lowest BCUT2D eigenvalue weighted by atomic mass is 9.43. The van der Waals surface area contributed by atoms with Gasteiger partial charge in [-0.25, -0.2) is 0 Å². The predicted octanol–water partition coefficient (Wildman–Crippen LogP) is 2.56. The molecule has 6 saturated heterocycles. The van der Waals surface area contributed by atoms with Crippen molar-refractivity contribution in [2.24, 2.45) is 68.0 Å². The number of carbonyl (C=O) groups excluding carboxylic acids is 3. The lowest BCUT2D eigenvalue weighted by molar-refractivity contribution is -0.253. The Balaban J connectivity index is 0.942. The minimum atomic E-state index is -1.59. The van der Waals surface area contributed by atoms with Crippen molar-refractivity contribution in [1.82, 2.24) is 0 Å². The zero-order chi connectivity index (χ0) is 35.2. The van der Waals surface area contributed by atoms with E-state index in [1.165, 1.54) is 0 Å². The number of ketones is 1. The van der Waals surface area contributed by atoms with Crippen LogP contribution in [0.25, 0.3) is 0 Å². The number of esters is 2. The Morgan fingerprint density at radius 3 is 1.85 bits per heavy atom. The van der Waals surface area contributed by atoms with Crippen LogP contribution in [0.1, 0.15) is 78.1 Å². The number of hydrogen-bond donors (Lipinski definition) is 2. The van der Waals surface area contributed by atoms with Gasteiger partial charge < -0.3 is 43.4 Å². The largest absolute Gasteiger partial charge is 0.482 e. The van der Waals surface area contributed by atoms with E-state index in [0.29, 0.717) is 70.5 Å². The highest BCUT2D eigenvalue weighted by Gasteiger charge is 2.86. The van der Waals surface area contributed by atoms with Crippen LogP contribution in [0.3, 0.4) is 0 Å². The average molecular weight is 721 g/mol. The van der Waals surface area contributed by atoms with Gasteiger partial charge in [-0.05, 0) is 86.5 Å². The second-order valence-corrected chi connectivity index (χ2v) is 20.3. The lowest BCUT2D eigenvalue weighted by Gasteiger charge is -2.62. The van der Waals surface area contributed by atoms with E-state index in [1.807, 2.05) is 0 Å². The van der Waals surface area contributed by atoms with Crippen molar-refractivity contribution in [1.29, 1.82) is 0 Å². The van der Waals surface area contributed by atoms with Crippen LogP contribution in [0.2, 0.25) is 0 Å². The Morgan fingerprint density at radius 2 is 1.21 bits per heavy atom. The van der Waals surface area contributed by atoms with Crippen LogP contribution in [-0.2, 0) is 47.5 Å². The average Bonchev–Trinajstić information content (AvgIpc) is 3.94. The number of Topliss-reactive ketones (excluding diaryl/α,β-unsaturated/α-hetero) is 1. The van der Waals surface area contributed by atoms with Crippen LogP contribution in [0, 0.1) is 68.0 Å². The third-order valence-corrected chi connectivity index (χ3v) is 18.6. The molecule has 11 fully saturated rings. The monoisotopic (exact) mass is 720 g/mol. The van der Waals surface area contributed by atoms with Crippen molar-refractivity contribution in [2.75, 3.05) is 26.4 Å². The van der Waals surface area contributed by atoms with Crippen molar-refractivity contribution >= 4 is 17.7 Å². The van der Waals surface area contributed by atoms with E-state index in [2.05, 4.69) is 13.8 Å².